The molecule has 2 heterocycles. The van der Waals surface area contributed by atoms with E-state index in [9.17, 15) is 4.79 Å². The van der Waals surface area contributed by atoms with E-state index in [1.807, 2.05) is 18.2 Å². The number of hydrogen-bond acceptors (Lipinski definition) is 5. The summed E-state index contributed by atoms with van der Waals surface area (Å²) in [5.74, 6) is 1.13. The van der Waals surface area contributed by atoms with Crippen LogP contribution in [0.2, 0.25) is 0 Å². The van der Waals surface area contributed by atoms with Crippen LogP contribution in [0.25, 0.3) is 11.1 Å². The topological polar surface area (TPSA) is 76.4 Å². The summed E-state index contributed by atoms with van der Waals surface area (Å²) in [7, 11) is 1.61. The Hall–Kier alpha value is -1.92. The second-order valence-electron chi connectivity index (χ2n) is 6.91. The molecular formula is C18H23N3O3. The number of carbonyl (C=O) groups excluding carboxylic acids is 1. The molecule has 4 rings (SSSR count). The van der Waals surface area contributed by atoms with E-state index in [0.717, 1.165) is 43.6 Å². The van der Waals surface area contributed by atoms with Gasteiger partial charge in [-0.05, 0) is 43.5 Å². The van der Waals surface area contributed by atoms with Gasteiger partial charge in [-0.25, -0.2) is 4.98 Å². The number of anilines is 1. The molecule has 0 spiro atoms. The van der Waals surface area contributed by atoms with E-state index >= 15 is 0 Å². The molecule has 128 valence electrons. The van der Waals surface area contributed by atoms with Crippen molar-refractivity contribution in [3.8, 4) is 0 Å². The lowest BCUT2D eigenvalue weighted by molar-refractivity contribution is -0.128. The first-order chi connectivity index (χ1) is 11.7. The Kier molecular flexibility index (Phi) is 4.02. The highest BCUT2D eigenvalue weighted by atomic mass is 16.5. The molecule has 2 fully saturated rings. The van der Waals surface area contributed by atoms with Gasteiger partial charge < -0.3 is 19.8 Å². The number of aromatic nitrogens is 1. The quantitative estimate of drug-likeness (QED) is 0.902. The van der Waals surface area contributed by atoms with Crippen LogP contribution in [-0.4, -0.2) is 31.1 Å². The van der Waals surface area contributed by atoms with Crippen molar-refractivity contribution in [2.75, 3.05) is 25.5 Å². The molecule has 1 aromatic heterocycles. The standard InChI is InChI=1S/C18H23N3O3/c1-23-10-16-21-14-8-13(5-6-15(14)24-16)20-17(22)18-7-3-2-4-12(18)9-19-11-18/h5-6,8,12,19H,2-4,7,9-11H2,1H3,(H,20,22)/t12-,18+/m0/s1. The molecule has 1 saturated heterocycles. The minimum absolute atomic E-state index is 0.136. The van der Waals surface area contributed by atoms with Gasteiger partial charge in [-0.3, -0.25) is 4.79 Å². The van der Waals surface area contributed by atoms with E-state index < -0.39 is 0 Å². The van der Waals surface area contributed by atoms with E-state index in [2.05, 4.69) is 15.6 Å². The van der Waals surface area contributed by atoms with Crippen molar-refractivity contribution >= 4 is 22.7 Å². The number of oxazole rings is 1. The largest absolute Gasteiger partial charge is 0.438 e. The molecule has 1 amide bonds. The highest BCUT2D eigenvalue weighted by molar-refractivity contribution is 5.97. The lowest BCUT2D eigenvalue weighted by atomic mass is 9.67. The minimum atomic E-state index is -0.252. The van der Waals surface area contributed by atoms with Crippen LogP contribution in [-0.2, 0) is 16.1 Å². The number of fused-ring (bicyclic) bond motifs is 2. The van der Waals surface area contributed by atoms with Crippen LogP contribution in [0.4, 0.5) is 5.69 Å². The van der Waals surface area contributed by atoms with Crippen molar-refractivity contribution < 1.29 is 13.9 Å². The monoisotopic (exact) mass is 329 g/mol. The highest BCUT2D eigenvalue weighted by Crippen LogP contribution is 2.44. The summed E-state index contributed by atoms with van der Waals surface area (Å²) < 4.78 is 10.6. The average Bonchev–Trinajstić information content (AvgIpc) is 3.18. The number of nitrogens with zero attached hydrogens (tertiary/aromatic N) is 1. The molecule has 2 aliphatic rings. The van der Waals surface area contributed by atoms with Gasteiger partial charge in [-0.1, -0.05) is 12.8 Å². The zero-order valence-corrected chi connectivity index (χ0v) is 13.9. The second kappa shape index (κ2) is 6.18. The summed E-state index contributed by atoms with van der Waals surface area (Å²) in [4.78, 5) is 17.4. The highest BCUT2D eigenvalue weighted by Gasteiger charge is 2.49. The number of carbonyl (C=O) groups is 1. The first kappa shape index (κ1) is 15.6. The fourth-order valence-corrected chi connectivity index (χ4v) is 4.18. The van der Waals surface area contributed by atoms with E-state index in [1.165, 1.54) is 6.42 Å². The fourth-order valence-electron chi connectivity index (χ4n) is 4.18. The van der Waals surface area contributed by atoms with Crippen molar-refractivity contribution in [3.63, 3.8) is 0 Å². The van der Waals surface area contributed by atoms with Crippen molar-refractivity contribution in [1.29, 1.82) is 0 Å². The minimum Gasteiger partial charge on any atom is -0.438 e. The van der Waals surface area contributed by atoms with E-state index in [4.69, 9.17) is 9.15 Å². The smallest absolute Gasteiger partial charge is 0.232 e. The van der Waals surface area contributed by atoms with Gasteiger partial charge >= 0.3 is 0 Å². The van der Waals surface area contributed by atoms with E-state index in [-0.39, 0.29) is 11.3 Å². The summed E-state index contributed by atoms with van der Waals surface area (Å²) in [5.41, 5.74) is 1.96. The molecule has 2 aromatic rings. The molecule has 1 saturated carbocycles. The third kappa shape index (κ3) is 2.59. The molecule has 24 heavy (non-hydrogen) atoms. The van der Waals surface area contributed by atoms with Gasteiger partial charge in [-0.15, -0.1) is 0 Å². The van der Waals surface area contributed by atoms with E-state index in [1.54, 1.807) is 7.11 Å². The molecule has 0 radical (unpaired) electrons. The third-order valence-corrected chi connectivity index (χ3v) is 5.45. The molecule has 1 aliphatic heterocycles. The number of benzene rings is 1. The van der Waals surface area contributed by atoms with Crippen molar-refractivity contribution in [2.45, 2.75) is 32.3 Å². The van der Waals surface area contributed by atoms with Gasteiger partial charge in [0.15, 0.2) is 5.58 Å². The van der Waals surface area contributed by atoms with Crippen LogP contribution in [0.1, 0.15) is 31.6 Å². The molecule has 6 heteroatoms. The van der Waals surface area contributed by atoms with Crippen LogP contribution in [0, 0.1) is 11.3 Å². The lowest BCUT2D eigenvalue weighted by Gasteiger charge is -2.37. The van der Waals surface area contributed by atoms with Crippen LogP contribution >= 0.6 is 0 Å². The molecule has 0 bridgehead atoms. The Morgan fingerprint density at radius 1 is 1.50 bits per heavy atom. The van der Waals surface area contributed by atoms with E-state index in [0.29, 0.717) is 24.0 Å². The average molecular weight is 329 g/mol. The summed E-state index contributed by atoms with van der Waals surface area (Å²) in [6.45, 7) is 2.08. The number of hydrogen-bond donors (Lipinski definition) is 2. The summed E-state index contributed by atoms with van der Waals surface area (Å²) in [6, 6.07) is 5.59. The molecule has 1 aliphatic carbocycles. The zero-order chi connectivity index (χ0) is 16.6. The number of methoxy groups -OCH3 is 1. The normalized spacial score (nSPS) is 26.5. The Bertz CT molecular complexity index is 757. The maximum atomic E-state index is 13.0. The molecule has 2 N–H and O–H groups in total. The molecule has 2 atom stereocenters. The van der Waals surface area contributed by atoms with Crippen molar-refractivity contribution in [2.24, 2.45) is 11.3 Å². The molecule has 6 nitrogen and oxygen atoms in total. The molecular weight excluding hydrogens is 306 g/mol. The van der Waals surface area contributed by atoms with Crippen LogP contribution in [0.3, 0.4) is 0 Å². The van der Waals surface area contributed by atoms with Gasteiger partial charge in [0.25, 0.3) is 0 Å². The van der Waals surface area contributed by atoms with Gasteiger partial charge in [-0.2, -0.15) is 0 Å². The predicted octanol–water partition coefficient (Wildman–Crippen LogP) is 2.69. The van der Waals surface area contributed by atoms with Gasteiger partial charge in [0.05, 0.1) is 5.41 Å². The summed E-state index contributed by atoms with van der Waals surface area (Å²) in [6.07, 6.45) is 4.48. The maximum Gasteiger partial charge on any atom is 0.232 e. The molecule has 1 aromatic carbocycles. The first-order valence-electron chi connectivity index (χ1n) is 8.62. The lowest BCUT2D eigenvalue weighted by Crippen LogP contribution is -2.44. The second-order valence-corrected chi connectivity index (χ2v) is 6.91. The number of amides is 1. The summed E-state index contributed by atoms with van der Waals surface area (Å²) >= 11 is 0. The van der Waals surface area contributed by atoms with Gasteiger partial charge in [0.1, 0.15) is 12.1 Å². The maximum absolute atomic E-state index is 13.0. The third-order valence-electron chi connectivity index (χ3n) is 5.45. The van der Waals surface area contributed by atoms with Crippen LogP contribution in [0.15, 0.2) is 22.6 Å². The van der Waals surface area contributed by atoms with Crippen LogP contribution < -0.4 is 10.6 Å². The SMILES string of the molecule is COCc1nc2cc(NC(=O)[C@@]34CCCC[C@H]3CNC4)ccc2o1. The van der Waals surface area contributed by atoms with Crippen molar-refractivity contribution in [3.05, 3.63) is 24.1 Å². The summed E-state index contributed by atoms with van der Waals surface area (Å²) in [5, 5.41) is 6.53. The molecule has 0 unspecified atom stereocenters. The Morgan fingerprint density at radius 2 is 2.42 bits per heavy atom. The Labute approximate surface area is 141 Å². The number of ether oxygens (including phenoxy) is 1. The number of nitrogens with one attached hydrogen (secondary N) is 2. The fraction of sp³-hybridized carbons (Fsp3) is 0.556. The van der Waals surface area contributed by atoms with Crippen molar-refractivity contribution in [1.82, 2.24) is 10.3 Å². The Balaban J connectivity index is 1.56. The van der Waals surface area contributed by atoms with Gasteiger partial charge in [0, 0.05) is 19.3 Å². The van der Waals surface area contributed by atoms with Gasteiger partial charge in [0.2, 0.25) is 11.8 Å². The van der Waals surface area contributed by atoms with Crippen LogP contribution in [0.5, 0.6) is 0 Å². The Morgan fingerprint density at radius 3 is 3.29 bits per heavy atom. The first-order valence-corrected chi connectivity index (χ1v) is 8.62. The predicted molar refractivity (Wildman–Crippen MR) is 90.6 cm³/mol. The number of rotatable bonds is 4. The zero-order valence-electron chi connectivity index (χ0n) is 13.9.